The Morgan fingerprint density at radius 1 is 1.17 bits per heavy atom. The maximum Gasteiger partial charge on any atom is 0.225 e. The van der Waals surface area contributed by atoms with Gasteiger partial charge in [-0.2, -0.15) is 10.2 Å². The summed E-state index contributed by atoms with van der Waals surface area (Å²) in [5.41, 5.74) is 5.90. The standard InChI is InChI=1S/C23H24F2N8O2/c24-16-7-12(9-26)8-17(25)19(16)31-23-30-18-10-28-22(29-14-5-6-35-11-14)32-21(18)33(23)15-3-1-13(2-4-15)20(27)34/h7-8,10,13-15H,1-6,11H2,(H2,27,34)(H,30,31)(H,28,29,32). The normalized spacial score (nSPS) is 22.1. The third-order valence-electron chi connectivity index (χ3n) is 6.57. The smallest absolute Gasteiger partial charge is 0.225 e. The van der Waals surface area contributed by atoms with Crippen LogP contribution >= 0.6 is 0 Å². The Bertz CT molecular complexity index is 1280. The molecule has 2 fully saturated rings. The highest BCUT2D eigenvalue weighted by Crippen LogP contribution is 2.37. The zero-order chi connectivity index (χ0) is 24.5. The summed E-state index contributed by atoms with van der Waals surface area (Å²) in [5.74, 6) is -1.76. The molecule has 3 heterocycles. The molecule has 10 nitrogen and oxygen atoms in total. The summed E-state index contributed by atoms with van der Waals surface area (Å²) in [6.45, 7) is 1.22. The lowest BCUT2D eigenvalue weighted by molar-refractivity contribution is -0.122. The van der Waals surface area contributed by atoms with E-state index >= 15 is 0 Å². The zero-order valence-corrected chi connectivity index (χ0v) is 18.8. The number of hydrogen-bond acceptors (Lipinski definition) is 8. The highest BCUT2D eigenvalue weighted by molar-refractivity contribution is 5.78. The number of rotatable bonds is 6. The molecule has 35 heavy (non-hydrogen) atoms. The Kier molecular flexibility index (Phi) is 6.17. The van der Waals surface area contributed by atoms with Crippen molar-refractivity contribution in [2.45, 2.75) is 44.2 Å². The van der Waals surface area contributed by atoms with Crippen molar-refractivity contribution in [2.24, 2.45) is 11.7 Å². The molecule has 3 aromatic rings. The number of carbonyl (C=O) groups excluding carboxylic acids is 1. The fourth-order valence-electron chi connectivity index (χ4n) is 4.71. The van der Waals surface area contributed by atoms with E-state index in [4.69, 9.17) is 15.7 Å². The van der Waals surface area contributed by atoms with Crippen LogP contribution in [0.2, 0.25) is 0 Å². The summed E-state index contributed by atoms with van der Waals surface area (Å²) in [5, 5.41) is 15.0. The van der Waals surface area contributed by atoms with Gasteiger partial charge in [0.15, 0.2) is 17.3 Å². The van der Waals surface area contributed by atoms with E-state index in [9.17, 15) is 13.6 Å². The van der Waals surface area contributed by atoms with Crippen LogP contribution in [0.4, 0.5) is 26.4 Å². The summed E-state index contributed by atoms with van der Waals surface area (Å²) < 4.78 is 36.5. The van der Waals surface area contributed by atoms with Gasteiger partial charge in [0, 0.05) is 18.6 Å². The SMILES string of the molecule is N#Cc1cc(F)c(Nc2nc3cnc(NC4CCOC4)nc3n2C2CCC(C(N)=O)CC2)c(F)c1. The molecule has 1 aromatic carbocycles. The summed E-state index contributed by atoms with van der Waals surface area (Å²) in [7, 11) is 0. The van der Waals surface area contributed by atoms with Crippen molar-refractivity contribution in [3.05, 3.63) is 35.5 Å². The number of carbonyl (C=O) groups is 1. The number of hydrogen-bond donors (Lipinski definition) is 3. The largest absolute Gasteiger partial charge is 0.379 e. The van der Waals surface area contributed by atoms with Crippen molar-refractivity contribution < 1.29 is 18.3 Å². The Labute approximate surface area is 199 Å². The number of anilines is 3. The third-order valence-corrected chi connectivity index (χ3v) is 6.57. The molecular weight excluding hydrogens is 458 g/mol. The molecule has 12 heteroatoms. The van der Waals surface area contributed by atoms with Crippen LogP contribution in [0.3, 0.4) is 0 Å². The van der Waals surface area contributed by atoms with Crippen molar-refractivity contribution in [1.29, 1.82) is 5.26 Å². The number of aromatic nitrogens is 4. The average molecular weight is 482 g/mol. The molecule has 0 bridgehead atoms. The topological polar surface area (TPSA) is 144 Å². The van der Waals surface area contributed by atoms with Gasteiger partial charge in [-0.25, -0.2) is 18.7 Å². The fraction of sp³-hybridized carbons (Fsp3) is 0.435. The Hall–Kier alpha value is -3.85. The van der Waals surface area contributed by atoms with Gasteiger partial charge >= 0.3 is 0 Å². The van der Waals surface area contributed by atoms with E-state index < -0.39 is 17.3 Å². The number of imidazole rings is 1. The number of nitrogens with two attached hydrogens (primary N) is 1. The summed E-state index contributed by atoms with van der Waals surface area (Å²) in [6, 6.07) is 3.62. The van der Waals surface area contributed by atoms with Crippen LogP contribution in [0.5, 0.6) is 0 Å². The highest BCUT2D eigenvalue weighted by Gasteiger charge is 2.30. The molecule has 1 saturated heterocycles. The fourth-order valence-corrected chi connectivity index (χ4v) is 4.71. The van der Waals surface area contributed by atoms with E-state index in [-0.39, 0.29) is 35.4 Å². The number of primary amides is 1. The maximum atomic E-state index is 14.7. The van der Waals surface area contributed by atoms with Crippen molar-refractivity contribution in [3.8, 4) is 6.07 Å². The second-order valence-electron chi connectivity index (χ2n) is 8.87. The highest BCUT2D eigenvalue weighted by atomic mass is 19.1. The molecule has 1 aliphatic heterocycles. The minimum absolute atomic E-state index is 0.0919. The van der Waals surface area contributed by atoms with Crippen LogP contribution in [-0.2, 0) is 9.53 Å². The number of nitrogens with zero attached hydrogens (tertiary/aromatic N) is 5. The molecule has 1 aliphatic carbocycles. The maximum absolute atomic E-state index is 14.7. The molecule has 1 atom stereocenters. The molecule has 0 radical (unpaired) electrons. The first-order valence-electron chi connectivity index (χ1n) is 11.5. The first-order valence-corrected chi connectivity index (χ1v) is 11.5. The molecule has 1 amide bonds. The van der Waals surface area contributed by atoms with Gasteiger partial charge in [0.1, 0.15) is 11.2 Å². The van der Waals surface area contributed by atoms with E-state index in [0.29, 0.717) is 56.0 Å². The zero-order valence-electron chi connectivity index (χ0n) is 18.8. The summed E-state index contributed by atoms with van der Waals surface area (Å²) in [6.07, 6.45) is 4.82. The number of nitrogens with one attached hydrogen (secondary N) is 2. The second-order valence-corrected chi connectivity index (χ2v) is 8.87. The number of halogens is 2. The molecule has 4 N–H and O–H groups in total. The van der Waals surface area contributed by atoms with E-state index in [2.05, 4.69) is 25.6 Å². The number of benzene rings is 1. The predicted octanol–water partition coefficient (Wildman–Crippen LogP) is 3.14. The van der Waals surface area contributed by atoms with E-state index in [1.165, 1.54) is 0 Å². The Morgan fingerprint density at radius 3 is 2.54 bits per heavy atom. The molecule has 1 saturated carbocycles. The van der Waals surface area contributed by atoms with Gasteiger partial charge in [0.2, 0.25) is 17.8 Å². The molecule has 0 spiro atoms. The third kappa shape index (κ3) is 4.59. The van der Waals surface area contributed by atoms with Crippen LogP contribution in [0.25, 0.3) is 11.2 Å². The van der Waals surface area contributed by atoms with Crippen LogP contribution in [0, 0.1) is 28.9 Å². The van der Waals surface area contributed by atoms with Crippen molar-refractivity contribution in [3.63, 3.8) is 0 Å². The van der Waals surface area contributed by atoms with Gasteiger partial charge < -0.3 is 21.1 Å². The van der Waals surface area contributed by atoms with Crippen LogP contribution in [0.1, 0.15) is 43.7 Å². The van der Waals surface area contributed by atoms with Gasteiger partial charge in [-0.1, -0.05) is 0 Å². The van der Waals surface area contributed by atoms with E-state index in [1.54, 1.807) is 12.3 Å². The lowest BCUT2D eigenvalue weighted by Gasteiger charge is -2.29. The molecule has 5 rings (SSSR count). The van der Waals surface area contributed by atoms with Crippen molar-refractivity contribution in [1.82, 2.24) is 19.5 Å². The molecule has 182 valence electrons. The van der Waals surface area contributed by atoms with Crippen molar-refractivity contribution >= 4 is 34.7 Å². The van der Waals surface area contributed by atoms with Gasteiger partial charge in [-0.3, -0.25) is 9.36 Å². The van der Waals surface area contributed by atoms with E-state index in [0.717, 1.165) is 18.6 Å². The quantitative estimate of drug-likeness (QED) is 0.486. The van der Waals surface area contributed by atoms with Gasteiger partial charge in [-0.15, -0.1) is 0 Å². The Balaban J connectivity index is 1.54. The van der Waals surface area contributed by atoms with Crippen molar-refractivity contribution in [2.75, 3.05) is 23.8 Å². The first kappa shape index (κ1) is 22.9. The van der Waals surface area contributed by atoms with Crippen LogP contribution < -0.4 is 16.4 Å². The first-order chi connectivity index (χ1) is 16.9. The monoisotopic (exact) mass is 482 g/mol. The summed E-state index contributed by atoms with van der Waals surface area (Å²) >= 11 is 0. The summed E-state index contributed by atoms with van der Waals surface area (Å²) in [4.78, 5) is 25.2. The number of amides is 1. The lowest BCUT2D eigenvalue weighted by atomic mass is 9.85. The average Bonchev–Trinajstić information content (AvgIpc) is 3.48. The van der Waals surface area contributed by atoms with Gasteiger partial charge in [0.25, 0.3) is 0 Å². The minimum Gasteiger partial charge on any atom is -0.379 e. The van der Waals surface area contributed by atoms with Crippen LogP contribution in [-0.4, -0.2) is 44.7 Å². The second kappa shape index (κ2) is 9.42. The molecule has 1 unspecified atom stereocenters. The lowest BCUT2D eigenvalue weighted by Crippen LogP contribution is -2.29. The van der Waals surface area contributed by atoms with Gasteiger partial charge in [-0.05, 0) is 44.2 Å². The van der Waals surface area contributed by atoms with Crippen LogP contribution in [0.15, 0.2) is 18.3 Å². The number of nitriles is 1. The molecule has 2 aliphatic rings. The van der Waals surface area contributed by atoms with E-state index in [1.807, 2.05) is 4.57 Å². The Morgan fingerprint density at radius 2 is 1.91 bits per heavy atom. The molecule has 2 aromatic heterocycles. The molecular formula is C23H24F2N8O2. The predicted molar refractivity (Wildman–Crippen MR) is 123 cm³/mol. The van der Waals surface area contributed by atoms with Gasteiger partial charge in [0.05, 0.1) is 30.5 Å². The number of fused-ring (bicyclic) bond motifs is 1. The number of ether oxygens (including phenoxy) is 1. The minimum atomic E-state index is -0.910.